The molecule has 6 nitrogen and oxygen atoms in total. The molecule has 1 aromatic rings. The molecule has 1 aromatic heterocycles. The summed E-state index contributed by atoms with van der Waals surface area (Å²) in [6.07, 6.45) is 2.43. The van der Waals surface area contributed by atoms with Crippen molar-refractivity contribution in [1.29, 1.82) is 0 Å². The van der Waals surface area contributed by atoms with Gasteiger partial charge in [-0.05, 0) is 24.4 Å². The molecule has 1 saturated carbocycles. The maximum absolute atomic E-state index is 10.1. The summed E-state index contributed by atoms with van der Waals surface area (Å²) in [6, 6.07) is 2.10. The number of ether oxygens (including phenoxy) is 2. The highest BCUT2D eigenvalue weighted by Crippen LogP contribution is 2.49. The normalized spacial score (nSPS) is 29.2. The topological polar surface area (TPSA) is 76.8 Å². The molecule has 106 valence electrons. The van der Waals surface area contributed by atoms with E-state index in [0.717, 1.165) is 38.2 Å². The number of nitrogens with one attached hydrogen (secondary N) is 1. The molecular formula is C13H20N2O4. The monoisotopic (exact) mass is 268 g/mol. The fourth-order valence-corrected chi connectivity index (χ4v) is 3.18. The van der Waals surface area contributed by atoms with Gasteiger partial charge in [-0.3, -0.25) is 0 Å². The smallest absolute Gasteiger partial charge is 0.254 e. The molecule has 2 atom stereocenters. The van der Waals surface area contributed by atoms with E-state index < -0.39 is 0 Å². The summed E-state index contributed by atoms with van der Waals surface area (Å²) in [4.78, 5) is 0. The van der Waals surface area contributed by atoms with Crippen LogP contribution in [-0.2, 0) is 11.3 Å². The quantitative estimate of drug-likeness (QED) is 0.837. The first-order chi connectivity index (χ1) is 9.24. The highest BCUT2D eigenvalue weighted by molar-refractivity contribution is 5.12. The zero-order chi connectivity index (χ0) is 13.3. The van der Waals surface area contributed by atoms with Gasteiger partial charge >= 0.3 is 0 Å². The highest BCUT2D eigenvalue weighted by Gasteiger charge is 2.54. The summed E-state index contributed by atoms with van der Waals surface area (Å²) in [5.41, 5.74) is -0.0115. The van der Waals surface area contributed by atoms with Gasteiger partial charge in [-0.15, -0.1) is 0 Å². The Balaban J connectivity index is 1.58. The Hall–Kier alpha value is -1.11. The van der Waals surface area contributed by atoms with Gasteiger partial charge in [0.2, 0.25) is 0 Å². The lowest BCUT2D eigenvalue weighted by atomic mass is 9.58. The van der Waals surface area contributed by atoms with Gasteiger partial charge in [-0.2, -0.15) is 0 Å². The van der Waals surface area contributed by atoms with E-state index in [1.807, 2.05) is 0 Å². The number of hydrogen-bond acceptors (Lipinski definition) is 6. The molecule has 0 amide bonds. The van der Waals surface area contributed by atoms with Crippen LogP contribution in [0, 0.1) is 5.41 Å². The number of rotatable bonds is 4. The van der Waals surface area contributed by atoms with Crippen molar-refractivity contribution >= 4 is 0 Å². The Labute approximate surface area is 112 Å². The minimum atomic E-state index is -0.210. The van der Waals surface area contributed by atoms with E-state index in [2.05, 4.69) is 10.5 Å². The number of methoxy groups -OCH3 is 1. The van der Waals surface area contributed by atoms with Gasteiger partial charge in [0.05, 0.1) is 19.8 Å². The van der Waals surface area contributed by atoms with Crippen LogP contribution in [0.2, 0.25) is 0 Å². The van der Waals surface area contributed by atoms with Crippen LogP contribution in [0.4, 0.5) is 0 Å². The molecule has 6 heteroatoms. The van der Waals surface area contributed by atoms with Crippen LogP contribution in [-0.4, -0.2) is 42.7 Å². The minimum absolute atomic E-state index is 0.0115. The van der Waals surface area contributed by atoms with Crippen molar-refractivity contribution in [1.82, 2.24) is 10.5 Å². The summed E-state index contributed by atoms with van der Waals surface area (Å²) in [6.45, 7) is 2.09. The number of aliphatic hydroxyl groups is 1. The van der Waals surface area contributed by atoms with Crippen LogP contribution in [0.15, 0.2) is 10.6 Å². The molecule has 2 fully saturated rings. The van der Waals surface area contributed by atoms with Crippen molar-refractivity contribution in [2.45, 2.75) is 38.0 Å². The summed E-state index contributed by atoms with van der Waals surface area (Å²) in [5, 5.41) is 17.3. The first kappa shape index (κ1) is 12.9. The Morgan fingerprint density at radius 2 is 2.32 bits per heavy atom. The van der Waals surface area contributed by atoms with Crippen LogP contribution in [0.1, 0.15) is 25.0 Å². The third kappa shape index (κ3) is 2.24. The number of aromatic nitrogens is 1. The fraction of sp³-hybridized carbons (Fsp3) is 0.769. The minimum Gasteiger partial charge on any atom is -0.479 e. The van der Waals surface area contributed by atoms with Gasteiger partial charge in [-0.25, -0.2) is 0 Å². The van der Waals surface area contributed by atoms with Gasteiger partial charge in [0.15, 0.2) is 5.76 Å². The summed E-state index contributed by atoms with van der Waals surface area (Å²) in [5.74, 6) is 1.24. The van der Waals surface area contributed by atoms with Crippen molar-refractivity contribution < 1.29 is 19.1 Å². The third-order valence-corrected chi connectivity index (χ3v) is 4.51. The molecule has 1 aliphatic carbocycles. The Morgan fingerprint density at radius 1 is 1.53 bits per heavy atom. The third-order valence-electron chi connectivity index (χ3n) is 4.51. The van der Waals surface area contributed by atoms with Gasteiger partial charge in [-0.1, -0.05) is 0 Å². The molecule has 1 saturated heterocycles. The molecule has 0 radical (unpaired) electrons. The van der Waals surface area contributed by atoms with E-state index in [9.17, 15) is 5.11 Å². The summed E-state index contributed by atoms with van der Waals surface area (Å²) < 4.78 is 15.5. The predicted octanol–water partition coefficient (Wildman–Crippen LogP) is 0.703. The maximum atomic E-state index is 10.1. The lowest BCUT2D eigenvalue weighted by molar-refractivity contribution is -0.149. The maximum Gasteiger partial charge on any atom is 0.254 e. The summed E-state index contributed by atoms with van der Waals surface area (Å²) >= 11 is 0. The zero-order valence-corrected chi connectivity index (χ0v) is 11.1. The number of aliphatic hydroxyl groups excluding tert-OH is 1. The van der Waals surface area contributed by atoms with Crippen molar-refractivity contribution in [3.05, 3.63) is 11.8 Å². The average Bonchev–Trinajstić information content (AvgIpc) is 2.92. The predicted molar refractivity (Wildman–Crippen MR) is 66.8 cm³/mol. The second-order valence-corrected chi connectivity index (χ2v) is 5.37. The van der Waals surface area contributed by atoms with Crippen molar-refractivity contribution in [2.75, 3.05) is 20.3 Å². The molecule has 1 aliphatic heterocycles. The van der Waals surface area contributed by atoms with Crippen molar-refractivity contribution in [3.63, 3.8) is 0 Å². The Bertz CT molecular complexity index is 428. The molecule has 0 unspecified atom stereocenters. The molecule has 1 spiro atoms. The largest absolute Gasteiger partial charge is 0.479 e. The molecule has 19 heavy (non-hydrogen) atoms. The Kier molecular flexibility index (Phi) is 3.47. The first-order valence-electron chi connectivity index (χ1n) is 6.73. The van der Waals surface area contributed by atoms with E-state index in [4.69, 9.17) is 14.0 Å². The van der Waals surface area contributed by atoms with Gasteiger partial charge in [0, 0.05) is 30.7 Å². The van der Waals surface area contributed by atoms with Crippen molar-refractivity contribution in [2.24, 2.45) is 5.41 Å². The average molecular weight is 268 g/mol. The zero-order valence-electron chi connectivity index (χ0n) is 11.1. The molecule has 3 rings (SSSR count). The van der Waals surface area contributed by atoms with E-state index in [-0.39, 0.29) is 11.5 Å². The molecule has 0 bridgehead atoms. The van der Waals surface area contributed by atoms with Gasteiger partial charge in [0.25, 0.3) is 5.88 Å². The number of hydrogen-bond donors (Lipinski definition) is 2. The first-order valence-corrected chi connectivity index (χ1v) is 6.73. The molecule has 2 heterocycles. The van der Waals surface area contributed by atoms with Crippen LogP contribution in [0.5, 0.6) is 5.88 Å². The Morgan fingerprint density at radius 3 is 2.95 bits per heavy atom. The van der Waals surface area contributed by atoms with Crippen LogP contribution < -0.4 is 10.1 Å². The van der Waals surface area contributed by atoms with Crippen LogP contribution >= 0.6 is 0 Å². The second-order valence-electron chi connectivity index (χ2n) is 5.37. The lowest BCUT2D eigenvalue weighted by Gasteiger charge is -2.55. The molecule has 0 aromatic carbocycles. The standard InChI is InChI=1S/C13H20N2O4/c1-17-12-6-9(19-15-12)8-14-10-7-11(16)13(10)2-4-18-5-3-13/h6,10-11,14,16H,2-5,7-8H2,1H3/t10-,11-/m1/s1. The van der Waals surface area contributed by atoms with E-state index >= 15 is 0 Å². The van der Waals surface area contributed by atoms with Crippen LogP contribution in [0.3, 0.4) is 0 Å². The SMILES string of the molecule is COc1cc(CN[C@@H]2C[C@@H](O)C23CCOCC3)on1. The molecular weight excluding hydrogens is 248 g/mol. The second kappa shape index (κ2) is 5.11. The van der Waals surface area contributed by atoms with E-state index in [1.165, 1.54) is 0 Å². The van der Waals surface area contributed by atoms with E-state index in [1.54, 1.807) is 13.2 Å². The summed E-state index contributed by atoms with van der Waals surface area (Å²) in [7, 11) is 1.56. The van der Waals surface area contributed by atoms with Gasteiger partial charge < -0.3 is 24.4 Å². The molecule has 2 N–H and O–H groups in total. The van der Waals surface area contributed by atoms with Gasteiger partial charge in [0.1, 0.15) is 0 Å². The highest BCUT2D eigenvalue weighted by atomic mass is 16.5. The number of nitrogens with zero attached hydrogens (tertiary/aromatic N) is 1. The van der Waals surface area contributed by atoms with Crippen LogP contribution in [0.25, 0.3) is 0 Å². The fourth-order valence-electron chi connectivity index (χ4n) is 3.18. The van der Waals surface area contributed by atoms with E-state index in [0.29, 0.717) is 18.5 Å². The molecule has 2 aliphatic rings. The lowest BCUT2D eigenvalue weighted by Crippen LogP contribution is -2.64. The van der Waals surface area contributed by atoms with Crippen molar-refractivity contribution in [3.8, 4) is 5.88 Å².